The van der Waals surface area contributed by atoms with Gasteiger partial charge in [-0.1, -0.05) is 30.3 Å². The SMILES string of the molecule is CN(C(=O)c1cn2c(-c3ccccc3)cnc2cn1)c1ccc(C#N)cc1. The Morgan fingerprint density at radius 3 is 2.48 bits per heavy atom. The van der Waals surface area contributed by atoms with Crippen molar-refractivity contribution in [3.8, 4) is 17.3 Å². The van der Waals surface area contributed by atoms with Crippen LogP contribution in [-0.2, 0) is 0 Å². The summed E-state index contributed by atoms with van der Waals surface area (Å²) in [4.78, 5) is 23.0. The van der Waals surface area contributed by atoms with E-state index in [0.29, 0.717) is 22.6 Å². The van der Waals surface area contributed by atoms with Gasteiger partial charge in [-0.3, -0.25) is 9.20 Å². The molecule has 0 bridgehead atoms. The van der Waals surface area contributed by atoms with E-state index in [4.69, 9.17) is 5.26 Å². The second-order valence-corrected chi connectivity index (χ2v) is 6.03. The van der Waals surface area contributed by atoms with Gasteiger partial charge in [0.1, 0.15) is 5.69 Å². The van der Waals surface area contributed by atoms with Crippen molar-refractivity contribution < 1.29 is 4.79 Å². The quantitative estimate of drug-likeness (QED) is 0.564. The Bertz CT molecular complexity index is 1160. The molecule has 0 saturated heterocycles. The van der Waals surface area contributed by atoms with E-state index >= 15 is 0 Å². The molecule has 0 spiro atoms. The molecule has 1 amide bonds. The van der Waals surface area contributed by atoms with Gasteiger partial charge in [0.15, 0.2) is 5.65 Å². The standard InChI is InChI=1S/C21H15N5O/c1-25(17-9-7-15(11-22)8-10-17)21(27)18-14-26-19(12-24-20(26)13-23-18)16-5-3-2-4-6-16/h2-10,12-14H,1H3. The summed E-state index contributed by atoms with van der Waals surface area (Å²) in [5.74, 6) is -0.241. The van der Waals surface area contributed by atoms with Crippen molar-refractivity contribution in [1.82, 2.24) is 14.4 Å². The molecule has 0 saturated carbocycles. The van der Waals surface area contributed by atoms with Crippen LogP contribution in [0.3, 0.4) is 0 Å². The van der Waals surface area contributed by atoms with Crippen molar-refractivity contribution in [2.24, 2.45) is 0 Å². The van der Waals surface area contributed by atoms with Gasteiger partial charge in [0.25, 0.3) is 5.91 Å². The van der Waals surface area contributed by atoms with Gasteiger partial charge in [-0.05, 0) is 24.3 Å². The minimum atomic E-state index is -0.241. The molecule has 2 aromatic heterocycles. The van der Waals surface area contributed by atoms with Crippen molar-refractivity contribution in [2.75, 3.05) is 11.9 Å². The van der Waals surface area contributed by atoms with E-state index in [9.17, 15) is 4.79 Å². The number of carbonyl (C=O) groups excluding carboxylic acids is 1. The second-order valence-electron chi connectivity index (χ2n) is 6.03. The smallest absolute Gasteiger partial charge is 0.278 e. The average Bonchev–Trinajstić information content (AvgIpc) is 3.16. The molecule has 27 heavy (non-hydrogen) atoms. The molecule has 0 atom stereocenters. The van der Waals surface area contributed by atoms with Crippen LogP contribution < -0.4 is 4.90 Å². The zero-order valence-electron chi connectivity index (χ0n) is 14.6. The molecule has 0 aliphatic rings. The van der Waals surface area contributed by atoms with E-state index in [1.165, 1.54) is 4.90 Å². The molecular weight excluding hydrogens is 338 g/mol. The molecule has 0 unspecified atom stereocenters. The van der Waals surface area contributed by atoms with Gasteiger partial charge in [-0.15, -0.1) is 0 Å². The van der Waals surface area contributed by atoms with E-state index in [2.05, 4.69) is 16.0 Å². The van der Waals surface area contributed by atoms with Gasteiger partial charge in [0.2, 0.25) is 0 Å². The van der Waals surface area contributed by atoms with Crippen LogP contribution in [0.1, 0.15) is 16.1 Å². The minimum absolute atomic E-state index is 0.241. The van der Waals surface area contributed by atoms with Crippen molar-refractivity contribution in [3.05, 3.63) is 84.4 Å². The Morgan fingerprint density at radius 1 is 1.04 bits per heavy atom. The molecule has 0 radical (unpaired) electrons. The summed E-state index contributed by atoms with van der Waals surface area (Å²) in [5.41, 5.74) is 4.12. The number of anilines is 1. The average molecular weight is 353 g/mol. The van der Waals surface area contributed by atoms with Crippen LogP contribution in [0.4, 0.5) is 5.69 Å². The number of nitrogens with zero attached hydrogens (tertiary/aromatic N) is 5. The number of nitriles is 1. The van der Waals surface area contributed by atoms with E-state index in [1.807, 2.05) is 34.7 Å². The first-order valence-corrected chi connectivity index (χ1v) is 8.34. The maximum absolute atomic E-state index is 12.9. The van der Waals surface area contributed by atoms with Gasteiger partial charge in [0, 0.05) is 24.5 Å². The Morgan fingerprint density at radius 2 is 1.78 bits per heavy atom. The van der Waals surface area contributed by atoms with Gasteiger partial charge in [0.05, 0.1) is 29.7 Å². The highest BCUT2D eigenvalue weighted by molar-refractivity contribution is 6.04. The molecule has 4 rings (SSSR count). The van der Waals surface area contributed by atoms with Crippen molar-refractivity contribution in [1.29, 1.82) is 5.26 Å². The topological polar surface area (TPSA) is 74.3 Å². The van der Waals surface area contributed by atoms with E-state index < -0.39 is 0 Å². The molecule has 0 fully saturated rings. The molecule has 0 aliphatic carbocycles. The molecule has 130 valence electrons. The van der Waals surface area contributed by atoms with Crippen LogP contribution >= 0.6 is 0 Å². The lowest BCUT2D eigenvalue weighted by molar-refractivity contribution is 0.0988. The van der Waals surface area contributed by atoms with E-state index in [0.717, 1.165) is 11.3 Å². The largest absolute Gasteiger partial charge is 0.310 e. The third kappa shape index (κ3) is 3.02. The van der Waals surface area contributed by atoms with Crippen LogP contribution in [0.5, 0.6) is 0 Å². The monoisotopic (exact) mass is 353 g/mol. The maximum atomic E-state index is 12.9. The summed E-state index contributed by atoms with van der Waals surface area (Å²) in [6.07, 6.45) is 5.06. The first kappa shape index (κ1) is 16.5. The molecule has 2 aromatic carbocycles. The summed E-state index contributed by atoms with van der Waals surface area (Å²) in [6.45, 7) is 0. The predicted octanol–water partition coefficient (Wildman–Crippen LogP) is 3.54. The molecule has 2 heterocycles. The number of benzene rings is 2. The summed E-state index contributed by atoms with van der Waals surface area (Å²) < 4.78 is 1.86. The first-order chi connectivity index (χ1) is 13.2. The van der Waals surface area contributed by atoms with E-state index in [-0.39, 0.29) is 5.91 Å². The number of rotatable bonds is 3. The van der Waals surface area contributed by atoms with Gasteiger partial charge in [-0.25, -0.2) is 9.97 Å². The normalized spacial score (nSPS) is 10.5. The summed E-state index contributed by atoms with van der Waals surface area (Å²) in [7, 11) is 1.68. The molecule has 6 nitrogen and oxygen atoms in total. The number of hydrogen-bond donors (Lipinski definition) is 0. The summed E-state index contributed by atoms with van der Waals surface area (Å²) in [6, 6.07) is 18.8. The maximum Gasteiger partial charge on any atom is 0.278 e. The van der Waals surface area contributed by atoms with E-state index in [1.54, 1.807) is 49.9 Å². The highest BCUT2D eigenvalue weighted by atomic mass is 16.2. The lowest BCUT2D eigenvalue weighted by Crippen LogP contribution is -2.27. The summed E-state index contributed by atoms with van der Waals surface area (Å²) in [5, 5.41) is 8.91. The van der Waals surface area contributed by atoms with Crippen molar-refractivity contribution in [3.63, 3.8) is 0 Å². The number of fused-ring (bicyclic) bond motifs is 1. The third-order valence-electron chi connectivity index (χ3n) is 4.37. The van der Waals surface area contributed by atoms with Crippen LogP contribution in [0.25, 0.3) is 16.9 Å². The van der Waals surface area contributed by atoms with Gasteiger partial charge >= 0.3 is 0 Å². The molecule has 0 aliphatic heterocycles. The third-order valence-corrected chi connectivity index (χ3v) is 4.37. The Balaban J connectivity index is 1.70. The fourth-order valence-corrected chi connectivity index (χ4v) is 2.87. The number of imidazole rings is 1. The first-order valence-electron chi connectivity index (χ1n) is 8.34. The number of amides is 1. The van der Waals surface area contributed by atoms with Crippen LogP contribution in [0, 0.1) is 11.3 Å². The molecule has 6 heteroatoms. The summed E-state index contributed by atoms with van der Waals surface area (Å²) >= 11 is 0. The molecule has 4 aromatic rings. The lowest BCUT2D eigenvalue weighted by Gasteiger charge is -2.17. The lowest BCUT2D eigenvalue weighted by atomic mass is 10.2. The van der Waals surface area contributed by atoms with Gasteiger partial charge in [-0.2, -0.15) is 5.26 Å². The minimum Gasteiger partial charge on any atom is -0.310 e. The second kappa shape index (κ2) is 6.73. The molecule has 0 N–H and O–H groups in total. The fourth-order valence-electron chi connectivity index (χ4n) is 2.87. The zero-order valence-corrected chi connectivity index (χ0v) is 14.6. The van der Waals surface area contributed by atoms with Crippen LogP contribution in [0.2, 0.25) is 0 Å². The highest BCUT2D eigenvalue weighted by Crippen LogP contribution is 2.21. The number of hydrogen-bond acceptors (Lipinski definition) is 4. The van der Waals surface area contributed by atoms with Crippen LogP contribution in [0.15, 0.2) is 73.2 Å². The van der Waals surface area contributed by atoms with Gasteiger partial charge < -0.3 is 4.90 Å². The molecular formula is C21H15N5O. The number of carbonyl (C=O) groups is 1. The Kier molecular flexibility index (Phi) is 4.11. The van der Waals surface area contributed by atoms with Crippen molar-refractivity contribution in [2.45, 2.75) is 0 Å². The van der Waals surface area contributed by atoms with Crippen LogP contribution in [-0.4, -0.2) is 27.3 Å². The fraction of sp³-hybridized carbons (Fsp3) is 0.0476. The zero-order chi connectivity index (χ0) is 18.8. The predicted molar refractivity (Wildman–Crippen MR) is 102 cm³/mol. The van der Waals surface area contributed by atoms with Crippen molar-refractivity contribution >= 4 is 17.2 Å². The highest BCUT2D eigenvalue weighted by Gasteiger charge is 2.17. The Hall–Kier alpha value is -3.98. The number of aromatic nitrogens is 3. The Labute approximate surface area is 156 Å².